The van der Waals surface area contributed by atoms with Crippen molar-refractivity contribution in [3.63, 3.8) is 0 Å². The third-order valence-corrected chi connectivity index (χ3v) is 5.93. The molecule has 0 spiro atoms. The largest absolute Gasteiger partial charge is 0.376 e. The van der Waals surface area contributed by atoms with E-state index in [0.29, 0.717) is 25.6 Å². The van der Waals surface area contributed by atoms with Crippen molar-refractivity contribution in [1.29, 1.82) is 0 Å². The van der Waals surface area contributed by atoms with Gasteiger partial charge in [-0.3, -0.25) is 9.59 Å². The SMILES string of the molecule is CC(OCC1CCCCO1)C(=O)N1CCCC(CNC(=O)C2CCCN2)C1. The highest BCUT2D eigenvalue weighted by atomic mass is 16.5. The Bertz CT molecular complexity index is 490. The first-order chi connectivity index (χ1) is 13.1. The number of amides is 2. The van der Waals surface area contributed by atoms with Gasteiger partial charge in [0.25, 0.3) is 5.91 Å². The van der Waals surface area contributed by atoms with Gasteiger partial charge < -0.3 is 25.0 Å². The summed E-state index contributed by atoms with van der Waals surface area (Å²) in [6.07, 6.45) is 7.00. The molecule has 154 valence electrons. The van der Waals surface area contributed by atoms with Crippen molar-refractivity contribution in [3.8, 4) is 0 Å². The van der Waals surface area contributed by atoms with E-state index in [1.807, 2.05) is 11.8 Å². The van der Waals surface area contributed by atoms with E-state index >= 15 is 0 Å². The number of carbonyl (C=O) groups excluding carboxylic acids is 2. The van der Waals surface area contributed by atoms with Gasteiger partial charge in [-0.05, 0) is 64.3 Å². The van der Waals surface area contributed by atoms with Crippen LogP contribution in [0.1, 0.15) is 51.9 Å². The molecule has 0 bridgehead atoms. The number of hydrogen-bond acceptors (Lipinski definition) is 5. The number of carbonyl (C=O) groups is 2. The maximum Gasteiger partial charge on any atom is 0.251 e. The van der Waals surface area contributed by atoms with Crippen LogP contribution in [-0.2, 0) is 19.1 Å². The van der Waals surface area contributed by atoms with Crippen LogP contribution < -0.4 is 10.6 Å². The van der Waals surface area contributed by atoms with Gasteiger partial charge in [-0.1, -0.05) is 0 Å². The number of piperidine rings is 1. The summed E-state index contributed by atoms with van der Waals surface area (Å²) in [5.41, 5.74) is 0. The van der Waals surface area contributed by atoms with E-state index < -0.39 is 6.10 Å². The lowest BCUT2D eigenvalue weighted by atomic mass is 9.97. The number of ether oxygens (including phenoxy) is 2. The van der Waals surface area contributed by atoms with Crippen LogP contribution in [-0.4, -0.2) is 74.4 Å². The van der Waals surface area contributed by atoms with Gasteiger partial charge in [0.05, 0.1) is 18.8 Å². The fourth-order valence-electron chi connectivity index (χ4n) is 4.23. The summed E-state index contributed by atoms with van der Waals surface area (Å²) in [5.74, 6) is 0.473. The molecule has 7 nitrogen and oxygen atoms in total. The van der Waals surface area contributed by atoms with Crippen LogP contribution in [0.4, 0.5) is 0 Å². The van der Waals surface area contributed by atoms with Crippen molar-refractivity contribution in [2.45, 2.75) is 70.1 Å². The van der Waals surface area contributed by atoms with Gasteiger partial charge in [0.1, 0.15) is 6.10 Å². The molecule has 27 heavy (non-hydrogen) atoms. The van der Waals surface area contributed by atoms with E-state index in [2.05, 4.69) is 10.6 Å². The molecular formula is C20H35N3O4. The Labute approximate surface area is 162 Å². The molecular weight excluding hydrogens is 346 g/mol. The van der Waals surface area contributed by atoms with E-state index in [1.54, 1.807) is 0 Å². The summed E-state index contributed by atoms with van der Waals surface area (Å²) >= 11 is 0. The minimum atomic E-state index is -0.438. The number of nitrogens with zero attached hydrogens (tertiary/aromatic N) is 1. The number of nitrogens with one attached hydrogen (secondary N) is 2. The molecule has 0 saturated carbocycles. The molecule has 0 aromatic rings. The number of likely N-dealkylation sites (tertiary alicyclic amines) is 1. The third kappa shape index (κ3) is 6.16. The highest BCUT2D eigenvalue weighted by molar-refractivity contribution is 5.82. The number of hydrogen-bond donors (Lipinski definition) is 2. The summed E-state index contributed by atoms with van der Waals surface area (Å²) < 4.78 is 11.5. The van der Waals surface area contributed by atoms with Crippen LogP contribution >= 0.6 is 0 Å². The highest BCUT2D eigenvalue weighted by Crippen LogP contribution is 2.18. The summed E-state index contributed by atoms with van der Waals surface area (Å²) in [5, 5.41) is 6.29. The Morgan fingerprint density at radius 3 is 2.85 bits per heavy atom. The zero-order valence-corrected chi connectivity index (χ0v) is 16.6. The molecule has 4 atom stereocenters. The van der Waals surface area contributed by atoms with Crippen molar-refractivity contribution in [1.82, 2.24) is 15.5 Å². The summed E-state index contributed by atoms with van der Waals surface area (Å²) in [6.45, 7) is 6.18. The molecule has 3 fully saturated rings. The molecule has 0 radical (unpaired) electrons. The van der Waals surface area contributed by atoms with Crippen molar-refractivity contribution >= 4 is 11.8 Å². The molecule has 3 aliphatic rings. The molecule has 2 N–H and O–H groups in total. The van der Waals surface area contributed by atoms with Gasteiger partial charge >= 0.3 is 0 Å². The lowest BCUT2D eigenvalue weighted by Crippen LogP contribution is -2.49. The normalized spacial score (nSPS) is 30.1. The van der Waals surface area contributed by atoms with Crippen LogP contribution in [0.2, 0.25) is 0 Å². The Kier molecular flexibility index (Phi) is 7.91. The van der Waals surface area contributed by atoms with Gasteiger partial charge in [0.2, 0.25) is 5.91 Å². The standard InChI is InChI=1S/C20H35N3O4/c1-15(27-14-17-7-2-3-11-26-17)20(25)23-10-5-6-16(13-23)12-22-19(24)18-8-4-9-21-18/h15-18,21H,2-14H2,1H3,(H,22,24). The van der Waals surface area contributed by atoms with Crippen molar-refractivity contribution in [2.75, 3.05) is 39.4 Å². The molecule has 3 heterocycles. The van der Waals surface area contributed by atoms with E-state index in [0.717, 1.165) is 58.2 Å². The van der Waals surface area contributed by atoms with Crippen molar-refractivity contribution in [2.24, 2.45) is 5.92 Å². The molecule has 2 amide bonds. The summed E-state index contributed by atoms with van der Waals surface area (Å²) in [4.78, 5) is 26.8. The van der Waals surface area contributed by atoms with Crippen molar-refractivity contribution < 1.29 is 19.1 Å². The fraction of sp³-hybridized carbons (Fsp3) is 0.900. The lowest BCUT2D eigenvalue weighted by Gasteiger charge is -2.34. The quantitative estimate of drug-likeness (QED) is 0.690. The van der Waals surface area contributed by atoms with Gasteiger partial charge in [-0.15, -0.1) is 0 Å². The minimum absolute atomic E-state index is 0.0400. The molecule has 0 aromatic carbocycles. The van der Waals surface area contributed by atoms with Crippen LogP contribution in [0, 0.1) is 5.92 Å². The maximum atomic E-state index is 12.7. The Balaban J connectivity index is 1.38. The first-order valence-corrected chi connectivity index (χ1v) is 10.7. The monoisotopic (exact) mass is 381 g/mol. The topological polar surface area (TPSA) is 79.9 Å². The zero-order chi connectivity index (χ0) is 19.1. The van der Waals surface area contributed by atoms with Gasteiger partial charge in [0, 0.05) is 26.2 Å². The Morgan fingerprint density at radius 2 is 2.11 bits per heavy atom. The zero-order valence-electron chi connectivity index (χ0n) is 16.6. The van der Waals surface area contributed by atoms with E-state index in [9.17, 15) is 9.59 Å². The molecule has 3 saturated heterocycles. The van der Waals surface area contributed by atoms with Gasteiger partial charge in [0.15, 0.2) is 0 Å². The first kappa shape index (κ1) is 20.6. The second-order valence-corrected chi connectivity index (χ2v) is 8.15. The predicted molar refractivity (Wildman–Crippen MR) is 102 cm³/mol. The van der Waals surface area contributed by atoms with Gasteiger partial charge in [-0.25, -0.2) is 0 Å². The Hall–Kier alpha value is -1.18. The van der Waals surface area contributed by atoms with E-state index in [-0.39, 0.29) is 24.0 Å². The molecule has 7 heteroatoms. The molecule has 4 unspecified atom stereocenters. The van der Waals surface area contributed by atoms with Crippen molar-refractivity contribution in [3.05, 3.63) is 0 Å². The van der Waals surface area contributed by atoms with Crippen LogP contribution in [0.5, 0.6) is 0 Å². The van der Waals surface area contributed by atoms with E-state index in [1.165, 1.54) is 6.42 Å². The molecule has 3 aliphatic heterocycles. The second kappa shape index (κ2) is 10.4. The average Bonchev–Trinajstić information content (AvgIpc) is 3.25. The summed E-state index contributed by atoms with van der Waals surface area (Å²) in [6, 6.07) is -0.0400. The molecule has 0 aliphatic carbocycles. The predicted octanol–water partition coefficient (Wildman–Crippen LogP) is 1.07. The van der Waals surface area contributed by atoms with Gasteiger partial charge in [-0.2, -0.15) is 0 Å². The Morgan fingerprint density at radius 1 is 1.22 bits per heavy atom. The second-order valence-electron chi connectivity index (χ2n) is 8.15. The average molecular weight is 382 g/mol. The smallest absolute Gasteiger partial charge is 0.251 e. The molecule has 3 rings (SSSR count). The molecule has 0 aromatic heterocycles. The number of rotatable bonds is 7. The van der Waals surface area contributed by atoms with Crippen LogP contribution in [0.25, 0.3) is 0 Å². The summed E-state index contributed by atoms with van der Waals surface area (Å²) in [7, 11) is 0. The maximum absolute atomic E-state index is 12.7. The van der Waals surface area contributed by atoms with Crippen LogP contribution in [0.15, 0.2) is 0 Å². The first-order valence-electron chi connectivity index (χ1n) is 10.7. The highest BCUT2D eigenvalue weighted by Gasteiger charge is 2.29. The van der Waals surface area contributed by atoms with Crippen LogP contribution in [0.3, 0.4) is 0 Å². The lowest BCUT2D eigenvalue weighted by molar-refractivity contribution is -0.147. The minimum Gasteiger partial charge on any atom is -0.376 e. The third-order valence-electron chi connectivity index (χ3n) is 5.93. The van der Waals surface area contributed by atoms with E-state index in [4.69, 9.17) is 9.47 Å². The fourth-order valence-corrected chi connectivity index (χ4v) is 4.23.